The van der Waals surface area contributed by atoms with E-state index in [-0.39, 0.29) is 0 Å². The van der Waals surface area contributed by atoms with Crippen molar-refractivity contribution in [2.24, 2.45) is 5.92 Å². The van der Waals surface area contributed by atoms with Crippen LogP contribution < -0.4 is 5.73 Å². The lowest BCUT2D eigenvalue weighted by Crippen LogP contribution is -2.13. The summed E-state index contributed by atoms with van der Waals surface area (Å²) in [6, 6.07) is 4.13. The highest BCUT2D eigenvalue weighted by Crippen LogP contribution is 2.38. The zero-order valence-corrected chi connectivity index (χ0v) is 11.2. The van der Waals surface area contributed by atoms with Gasteiger partial charge in [0.25, 0.3) is 0 Å². The molecular weight excluding hydrogens is 222 g/mol. The molecular formula is C15H21N3. The Morgan fingerprint density at radius 1 is 1.39 bits per heavy atom. The minimum Gasteiger partial charge on any atom is -0.383 e. The number of aryl methyl sites for hydroxylation is 1. The Morgan fingerprint density at radius 2 is 2.22 bits per heavy atom. The molecule has 2 unspecified atom stereocenters. The Balaban J connectivity index is 2.06. The van der Waals surface area contributed by atoms with Gasteiger partial charge in [-0.1, -0.05) is 25.8 Å². The van der Waals surface area contributed by atoms with Crippen molar-refractivity contribution in [3.05, 3.63) is 29.6 Å². The van der Waals surface area contributed by atoms with E-state index < -0.39 is 0 Å². The van der Waals surface area contributed by atoms with Crippen LogP contribution in [-0.4, -0.2) is 9.38 Å². The van der Waals surface area contributed by atoms with E-state index in [1.54, 1.807) is 0 Å². The molecule has 0 aromatic carbocycles. The topological polar surface area (TPSA) is 43.3 Å². The molecule has 1 aliphatic rings. The van der Waals surface area contributed by atoms with E-state index in [2.05, 4.69) is 19.9 Å². The summed E-state index contributed by atoms with van der Waals surface area (Å²) in [4.78, 5) is 4.81. The van der Waals surface area contributed by atoms with Gasteiger partial charge < -0.3 is 5.73 Å². The van der Waals surface area contributed by atoms with Gasteiger partial charge >= 0.3 is 0 Å². The molecule has 2 atom stereocenters. The molecule has 3 nitrogen and oxygen atoms in total. The van der Waals surface area contributed by atoms with Crippen LogP contribution in [0.3, 0.4) is 0 Å². The third-order valence-electron chi connectivity index (χ3n) is 4.23. The van der Waals surface area contributed by atoms with Gasteiger partial charge in [0.15, 0.2) is 0 Å². The third kappa shape index (κ3) is 1.78. The lowest BCUT2D eigenvalue weighted by molar-refractivity contribution is 0.341. The van der Waals surface area contributed by atoms with E-state index in [0.717, 1.165) is 23.1 Å². The lowest BCUT2D eigenvalue weighted by Gasteiger charge is -2.25. The number of nitrogens with zero attached hydrogens (tertiary/aromatic N) is 2. The maximum absolute atomic E-state index is 6.28. The Morgan fingerprint density at radius 3 is 2.94 bits per heavy atom. The van der Waals surface area contributed by atoms with Gasteiger partial charge in [-0.05, 0) is 37.3 Å². The van der Waals surface area contributed by atoms with Crippen molar-refractivity contribution < 1.29 is 0 Å². The first-order valence-corrected chi connectivity index (χ1v) is 6.90. The fraction of sp³-hybridized carbons (Fsp3) is 0.533. The quantitative estimate of drug-likeness (QED) is 0.832. The Labute approximate surface area is 108 Å². The van der Waals surface area contributed by atoms with Gasteiger partial charge in [0.05, 0.1) is 5.69 Å². The van der Waals surface area contributed by atoms with Crippen LogP contribution >= 0.6 is 0 Å². The molecule has 96 valence electrons. The number of fused-ring (bicyclic) bond motifs is 1. The molecule has 1 saturated carbocycles. The van der Waals surface area contributed by atoms with Crippen molar-refractivity contribution in [1.29, 1.82) is 0 Å². The van der Waals surface area contributed by atoms with Crippen LogP contribution in [0.5, 0.6) is 0 Å². The monoisotopic (exact) mass is 243 g/mol. The number of aromatic nitrogens is 2. The maximum atomic E-state index is 6.28. The number of nitrogen functional groups attached to an aromatic ring is 1. The van der Waals surface area contributed by atoms with E-state index >= 15 is 0 Å². The predicted octanol–water partition coefficient (Wildman–Crippen LogP) is 3.52. The van der Waals surface area contributed by atoms with Crippen molar-refractivity contribution in [3.8, 4) is 0 Å². The average Bonchev–Trinajstić information content (AvgIpc) is 2.69. The fourth-order valence-electron chi connectivity index (χ4n) is 3.22. The number of hydrogen-bond acceptors (Lipinski definition) is 2. The fourth-order valence-corrected chi connectivity index (χ4v) is 3.22. The van der Waals surface area contributed by atoms with Gasteiger partial charge in [-0.2, -0.15) is 0 Å². The highest BCUT2D eigenvalue weighted by Gasteiger charge is 2.25. The van der Waals surface area contributed by atoms with Gasteiger partial charge in [-0.15, -0.1) is 0 Å². The van der Waals surface area contributed by atoms with E-state index in [4.69, 9.17) is 10.7 Å². The van der Waals surface area contributed by atoms with E-state index in [0.29, 0.717) is 5.92 Å². The molecule has 0 saturated heterocycles. The molecule has 1 fully saturated rings. The molecule has 2 aromatic heterocycles. The summed E-state index contributed by atoms with van der Waals surface area (Å²) in [5.41, 5.74) is 9.62. The van der Waals surface area contributed by atoms with Crippen LogP contribution in [0.2, 0.25) is 0 Å². The average molecular weight is 243 g/mol. The zero-order chi connectivity index (χ0) is 12.7. The first-order chi connectivity index (χ1) is 8.66. The normalized spacial score (nSPS) is 24.6. The summed E-state index contributed by atoms with van der Waals surface area (Å²) < 4.78 is 2.03. The highest BCUT2D eigenvalue weighted by atomic mass is 15.1. The van der Waals surface area contributed by atoms with Gasteiger partial charge in [0.1, 0.15) is 11.5 Å². The minimum absolute atomic E-state index is 0.549. The third-order valence-corrected chi connectivity index (χ3v) is 4.23. The molecule has 0 aliphatic heterocycles. The lowest BCUT2D eigenvalue weighted by atomic mass is 9.81. The molecule has 0 spiro atoms. The van der Waals surface area contributed by atoms with Crippen LogP contribution in [0, 0.1) is 12.8 Å². The van der Waals surface area contributed by atoms with Crippen LogP contribution in [0.25, 0.3) is 5.65 Å². The number of anilines is 1. The van der Waals surface area contributed by atoms with Crippen LogP contribution in [0.15, 0.2) is 18.3 Å². The number of pyridine rings is 1. The SMILES string of the molecule is Cc1cccn2c(N)c(C3CCCC(C)C3)nc12. The molecule has 0 amide bonds. The Kier molecular flexibility index (Phi) is 2.77. The smallest absolute Gasteiger partial charge is 0.141 e. The van der Waals surface area contributed by atoms with Gasteiger partial charge in [0.2, 0.25) is 0 Å². The van der Waals surface area contributed by atoms with Crippen molar-refractivity contribution >= 4 is 11.5 Å². The Hall–Kier alpha value is -1.51. The second-order valence-electron chi connectivity index (χ2n) is 5.74. The number of imidazole rings is 1. The summed E-state index contributed by atoms with van der Waals surface area (Å²) in [6.07, 6.45) is 7.13. The first kappa shape index (κ1) is 11.6. The second-order valence-corrected chi connectivity index (χ2v) is 5.74. The second kappa shape index (κ2) is 4.30. The largest absolute Gasteiger partial charge is 0.383 e. The van der Waals surface area contributed by atoms with Crippen LogP contribution in [0.1, 0.15) is 49.8 Å². The molecule has 3 heteroatoms. The molecule has 0 radical (unpaired) electrons. The summed E-state index contributed by atoms with van der Waals surface area (Å²) in [5, 5.41) is 0. The molecule has 18 heavy (non-hydrogen) atoms. The minimum atomic E-state index is 0.549. The van der Waals surface area contributed by atoms with E-state index in [1.165, 1.54) is 31.2 Å². The number of nitrogens with two attached hydrogens (primary N) is 1. The highest BCUT2D eigenvalue weighted by molar-refractivity contribution is 5.57. The summed E-state index contributed by atoms with van der Waals surface area (Å²) in [6.45, 7) is 4.43. The predicted molar refractivity (Wildman–Crippen MR) is 74.7 cm³/mol. The Bertz CT molecular complexity index is 570. The van der Waals surface area contributed by atoms with Crippen molar-refractivity contribution in [2.45, 2.75) is 45.4 Å². The summed E-state index contributed by atoms with van der Waals surface area (Å²) in [5.74, 6) is 2.19. The number of rotatable bonds is 1. The standard InChI is InChI=1S/C15H21N3/c1-10-5-3-7-12(9-10)13-14(16)18-8-4-6-11(2)15(18)17-13/h4,6,8,10,12H,3,5,7,9,16H2,1-2H3. The molecule has 2 heterocycles. The van der Waals surface area contributed by atoms with Crippen LogP contribution in [-0.2, 0) is 0 Å². The van der Waals surface area contributed by atoms with Gasteiger partial charge in [-0.3, -0.25) is 4.40 Å². The van der Waals surface area contributed by atoms with E-state index in [1.807, 2.05) is 16.7 Å². The van der Waals surface area contributed by atoms with Crippen LogP contribution in [0.4, 0.5) is 5.82 Å². The van der Waals surface area contributed by atoms with Crippen molar-refractivity contribution in [2.75, 3.05) is 5.73 Å². The van der Waals surface area contributed by atoms with Gasteiger partial charge in [-0.25, -0.2) is 4.98 Å². The number of hydrogen-bond donors (Lipinski definition) is 1. The first-order valence-electron chi connectivity index (χ1n) is 6.90. The molecule has 2 aromatic rings. The zero-order valence-electron chi connectivity index (χ0n) is 11.2. The van der Waals surface area contributed by atoms with Crippen molar-refractivity contribution in [3.63, 3.8) is 0 Å². The maximum Gasteiger partial charge on any atom is 0.141 e. The molecule has 3 rings (SSSR count). The van der Waals surface area contributed by atoms with Crippen molar-refractivity contribution in [1.82, 2.24) is 9.38 Å². The van der Waals surface area contributed by atoms with E-state index in [9.17, 15) is 0 Å². The molecule has 1 aliphatic carbocycles. The molecule has 0 bridgehead atoms. The van der Waals surface area contributed by atoms with Gasteiger partial charge in [0, 0.05) is 12.1 Å². The summed E-state index contributed by atoms with van der Waals surface area (Å²) >= 11 is 0. The summed E-state index contributed by atoms with van der Waals surface area (Å²) in [7, 11) is 0. The molecule has 2 N–H and O–H groups in total.